The monoisotopic (exact) mass is 536 g/mol. The Balaban J connectivity index is 1.74. The van der Waals surface area contributed by atoms with Crippen LogP contribution in [0.3, 0.4) is 0 Å². The normalized spacial score (nSPS) is 10.9. The number of rotatable bonds is 6. The second-order valence-electron chi connectivity index (χ2n) is 5.99. The molecule has 1 aromatic heterocycles. The smallest absolute Gasteiger partial charge is 0.250 e. The molecule has 1 amide bonds. The average Bonchev–Trinajstić information content (AvgIpc) is 3.06. The second-order valence-corrected chi connectivity index (χ2v) is 8.96. The molecule has 2 aromatic carbocycles. The van der Waals surface area contributed by atoms with Gasteiger partial charge in [-0.3, -0.25) is 10.1 Å². The summed E-state index contributed by atoms with van der Waals surface area (Å²) in [5.41, 5.74) is 2.68. The fourth-order valence-electron chi connectivity index (χ4n) is 2.68. The number of nitrogens with zero attached hydrogens (tertiary/aromatic N) is 1. The second kappa shape index (κ2) is 9.56. The van der Waals surface area contributed by atoms with Crippen molar-refractivity contribution >= 4 is 60.3 Å². The highest BCUT2D eigenvalue weighted by Gasteiger charge is 2.12. The highest BCUT2D eigenvalue weighted by Crippen LogP contribution is 2.36. The maximum Gasteiger partial charge on any atom is 0.250 e. The number of ether oxygens (including phenoxy) is 2. The topological polar surface area (TPSA) is 60.5 Å². The molecular formula is C21H18Br2N2O3S. The first kappa shape index (κ1) is 21.5. The van der Waals surface area contributed by atoms with Crippen molar-refractivity contribution in [1.29, 1.82) is 0 Å². The van der Waals surface area contributed by atoms with Crippen LogP contribution in [0.5, 0.6) is 11.5 Å². The first-order valence-electron chi connectivity index (χ1n) is 8.55. The van der Waals surface area contributed by atoms with Crippen molar-refractivity contribution in [2.24, 2.45) is 0 Å². The summed E-state index contributed by atoms with van der Waals surface area (Å²) in [5, 5.41) is 3.38. The molecule has 1 heterocycles. The number of benzene rings is 2. The Kier molecular flexibility index (Phi) is 7.10. The van der Waals surface area contributed by atoms with Crippen molar-refractivity contribution < 1.29 is 14.3 Å². The third-order valence-electron chi connectivity index (χ3n) is 4.03. The molecule has 0 saturated heterocycles. The molecule has 150 valence electrons. The molecule has 0 aliphatic heterocycles. The summed E-state index contributed by atoms with van der Waals surface area (Å²) in [6.07, 6.45) is 3.17. The van der Waals surface area contributed by atoms with E-state index in [4.69, 9.17) is 9.47 Å². The Morgan fingerprint density at radius 1 is 1.14 bits per heavy atom. The molecule has 3 aromatic rings. The number of amides is 1. The number of halogens is 2. The van der Waals surface area contributed by atoms with Gasteiger partial charge in [0.2, 0.25) is 5.91 Å². The van der Waals surface area contributed by atoms with Crippen molar-refractivity contribution in [3.63, 3.8) is 0 Å². The van der Waals surface area contributed by atoms with Gasteiger partial charge in [-0.2, -0.15) is 0 Å². The lowest BCUT2D eigenvalue weighted by molar-refractivity contribution is -0.111. The SMILES string of the molecule is COc1cc(/C=C/C(=O)Nc2nc(-c3ccc(Br)cc3)c(C)s2)cc(Br)c1OC. The van der Waals surface area contributed by atoms with E-state index in [1.165, 1.54) is 17.4 Å². The Morgan fingerprint density at radius 2 is 1.86 bits per heavy atom. The van der Waals surface area contributed by atoms with Gasteiger partial charge in [0.15, 0.2) is 16.6 Å². The minimum atomic E-state index is -0.257. The predicted molar refractivity (Wildman–Crippen MR) is 125 cm³/mol. The van der Waals surface area contributed by atoms with E-state index in [9.17, 15) is 4.79 Å². The highest BCUT2D eigenvalue weighted by molar-refractivity contribution is 9.10. The molecule has 0 bridgehead atoms. The molecule has 0 saturated carbocycles. The summed E-state index contributed by atoms with van der Waals surface area (Å²) in [4.78, 5) is 17.9. The zero-order valence-electron chi connectivity index (χ0n) is 16.0. The third-order valence-corrected chi connectivity index (χ3v) is 6.03. The van der Waals surface area contributed by atoms with Crippen LogP contribution in [0.4, 0.5) is 5.13 Å². The molecule has 8 heteroatoms. The van der Waals surface area contributed by atoms with Crippen LogP contribution in [0, 0.1) is 6.92 Å². The standard InChI is InChI=1S/C21H18Br2N2O3S/c1-12-19(14-5-7-15(22)8-6-14)25-21(29-12)24-18(26)9-4-13-10-16(23)20(28-3)17(11-13)27-2/h4-11H,1-3H3,(H,24,25,26)/b9-4+. The fraction of sp³-hybridized carbons (Fsp3) is 0.143. The van der Waals surface area contributed by atoms with Crippen LogP contribution in [0.25, 0.3) is 17.3 Å². The van der Waals surface area contributed by atoms with E-state index in [2.05, 4.69) is 42.2 Å². The van der Waals surface area contributed by atoms with Crippen LogP contribution in [0.15, 0.2) is 51.4 Å². The van der Waals surface area contributed by atoms with E-state index in [-0.39, 0.29) is 5.91 Å². The Bertz CT molecular complexity index is 1060. The van der Waals surface area contributed by atoms with Crippen LogP contribution < -0.4 is 14.8 Å². The lowest BCUT2D eigenvalue weighted by Gasteiger charge is -2.10. The number of nitrogens with one attached hydrogen (secondary N) is 1. The molecule has 0 unspecified atom stereocenters. The molecule has 0 aliphatic rings. The zero-order valence-corrected chi connectivity index (χ0v) is 19.9. The molecule has 0 radical (unpaired) electrons. The van der Waals surface area contributed by atoms with Gasteiger partial charge < -0.3 is 9.47 Å². The number of aromatic nitrogens is 1. The minimum Gasteiger partial charge on any atom is -0.493 e. The largest absolute Gasteiger partial charge is 0.493 e. The van der Waals surface area contributed by atoms with E-state index in [0.29, 0.717) is 16.6 Å². The number of aryl methyl sites for hydroxylation is 1. The number of carbonyl (C=O) groups is 1. The summed E-state index contributed by atoms with van der Waals surface area (Å²) >= 11 is 8.32. The van der Waals surface area contributed by atoms with E-state index in [0.717, 1.165) is 30.6 Å². The van der Waals surface area contributed by atoms with E-state index in [1.807, 2.05) is 37.3 Å². The van der Waals surface area contributed by atoms with Gasteiger partial charge in [-0.25, -0.2) is 4.98 Å². The van der Waals surface area contributed by atoms with Gasteiger partial charge in [-0.05, 0) is 58.8 Å². The molecule has 3 rings (SSSR count). The number of methoxy groups -OCH3 is 2. The van der Waals surface area contributed by atoms with Crippen molar-refractivity contribution in [2.75, 3.05) is 19.5 Å². The van der Waals surface area contributed by atoms with Crippen molar-refractivity contribution in [3.8, 4) is 22.8 Å². The molecule has 0 spiro atoms. The predicted octanol–water partition coefficient (Wildman–Crippen LogP) is 6.31. The van der Waals surface area contributed by atoms with Gasteiger partial charge in [0, 0.05) is 21.0 Å². The number of hydrogen-bond acceptors (Lipinski definition) is 5. The quantitative estimate of drug-likeness (QED) is 0.374. The van der Waals surface area contributed by atoms with E-state index in [1.54, 1.807) is 26.4 Å². The van der Waals surface area contributed by atoms with Gasteiger partial charge in [0.1, 0.15) is 0 Å². The van der Waals surface area contributed by atoms with Gasteiger partial charge in [0.05, 0.1) is 24.4 Å². The van der Waals surface area contributed by atoms with E-state index >= 15 is 0 Å². The molecule has 1 N–H and O–H groups in total. The Hall–Kier alpha value is -2.16. The van der Waals surface area contributed by atoms with Crippen molar-refractivity contribution in [2.45, 2.75) is 6.92 Å². The Morgan fingerprint density at radius 3 is 2.52 bits per heavy atom. The van der Waals surface area contributed by atoms with Gasteiger partial charge in [0.25, 0.3) is 0 Å². The molecule has 0 atom stereocenters. The van der Waals surface area contributed by atoms with Crippen LogP contribution in [-0.2, 0) is 4.79 Å². The molecule has 0 fully saturated rings. The lowest BCUT2D eigenvalue weighted by Crippen LogP contribution is -2.07. The van der Waals surface area contributed by atoms with Crippen molar-refractivity contribution in [1.82, 2.24) is 4.98 Å². The number of anilines is 1. The first-order chi connectivity index (χ1) is 13.9. The highest BCUT2D eigenvalue weighted by atomic mass is 79.9. The maximum absolute atomic E-state index is 12.3. The number of thiazole rings is 1. The van der Waals surface area contributed by atoms with Crippen LogP contribution in [0.1, 0.15) is 10.4 Å². The van der Waals surface area contributed by atoms with Crippen LogP contribution in [0.2, 0.25) is 0 Å². The summed E-state index contributed by atoms with van der Waals surface area (Å²) in [7, 11) is 3.14. The first-order valence-corrected chi connectivity index (χ1v) is 11.0. The average molecular weight is 538 g/mol. The van der Waals surface area contributed by atoms with Gasteiger partial charge in [-0.1, -0.05) is 28.1 Å². The van der Waals surface area contributed by atoms with E-state index < -0.39 is 0 Å². The fourth-order valence-corrected chi connectivity index (χ4v) is 4.40. The molecule has 0 aliphatic carbocycles. The Labute approximate surface area is 190 Å². The molecule has 29 heavy (non-hydrogen) atoms. The lowest BCUT2D eigenvalue weighted by atomic mass is 10.1. The minimum absolute atomic E-state index is 0.257. The number of hydrogen-bond donors (Lipinski definition) is 1. The zero-order chi connectivity index (χ0) is 21.0. The molecule has 5 nitrogen and oxygen atoms in total. The van der Waals surface area contributed by atoms with Gasteiger partial charge >= 0.3 is 0 Å². The number of carbonyl (C=O) groups excluding carboxylic acids is 1. The summed E-state index contributed by atoms with van der Waals surface area (Å²) in [5.74, 6) is 0.927. The maximum atomic E-state index is 12.3. The van der Waals surface area contributed by atoms with Crippen LogP contribution >= 0.6 is 43.2 Å². The van der Waals surface area contributed by atoms with Gasteiger partial charge in [-0.15, -0.1) is 11.3 Å². The summed E-state index contributed by atoms with van der Waals surface area (Å²) in [6, 6.07) is 11.6. The third kappa shape index (κ3) is 5.26. The molecular weight excluding hydrogens is 520 g/mol. The van der Waals surface area contributed by atoms with Crippen LogP contribution in [-0.4, -0.2) is 25.1 Å². The summed E-state index contributed by atoms with van der Waals surface area (Å²) < 4.78 is 12.4. The van der Waals surface area contributed by atoms with Crippen molar-refractivity contribution in [3.05, 3.63) is 61.9 Å². The summed E-state index contributed by atoms with van der Waals surface area (Å²) in [6.45, 7) is 1.99.